The van der Waals surface area contributed by atoms with E-state index in [2.05, 4.69) is 43.4 Å². The number of ether oxygens (including phenoxy) is 1. The van der Waals surface area contributed by atoms with Crippen molar-refractivity contribution >= 4 is 0 Å². The first-order valence-corrected chi connectivity index (χ1v) is 6.52. The molecule has 0 saturated carbocycles. The van der Waals surface area contributed by atoms with Crippen LogP contribution < -0.4 is 5.32 Å². The van der Waals surface area contributed by atoms with Gasteiger partial charge in [-0.1, -0.05) is 38.1 Å². The van der Waals surface area contributed by atoms with Gasteiger partial charge in [0, 0.05) is 6.54 Å². The zero-order chi connectivity index (χ0) is 12.5. The average molecular weight is 235 g/mol. The predicted octanol–water partition coefficient (Wildman–Crippen LogP) is 2.66. The summed E-state index contributed by atoms with van der Waals surface area (Å²) >= 11 is 0. The summed E-state index contributed by atoms with van der Waals surface area (Å²) in [6.07, 6.45) is 2.17. The maximum Gasteiger partial charge on any atom is 0.0590 e. The predicted molar refractivity (Wildman–Crippen MR) is 73.4 cm³/mol. The first-order valence-electron chi connectivity index (χ1n) is 6.52. The second kappa shape index (κ2) is 8.26. The molecule has 1 N–H and O–H groups in total. The minimum absolute atomic E-state index is 0.728. The molecule has 2 heteroatoms. The minimum Gasteiger partial charge on any atom is -0.380 e. The molecular formula is C15H25NO. The van der Waals surface area contributed by atoms with Crippen LogP contribution in [0.5, 0.6) is 0 Å². The molecule has 0 bridgehead atoms. The third-order valence-electron chi connectivity index (χ3n) is 2.70. The third-order valence-corrected chi connectivity index (χ3v) is 2.70. The van der Waals surface area contributed by atoms with Gasteiger partial charge in [0.25, 0.3) is 0 Å². The van der Waals surface area contributed by atoms with E-state index in [0.29, 0.717) is 0 Å². The molecule has 0 aromatic heterocycles. The van der Waals surface area contributed by atoms with Crippen molar-refractivity contribution in [3.63, 3.8) is 0 Å². The molecule has 1 aromatic rings. The van der Waals surface area contributed by atoms with Crippen molar-refractivity contribution in [3.8, 4) is 0 Å². The van der Waals surface area contributed by atoms with E-state index in [-0.39, 0.29) is 0 Å². The van der Waals surface area contributed by atoms with Crippen molar-refractivity contribution in [2.24, 2.45) is 5.92 Å². The fraction of sp³-hybridized carbons (Fsp3) is 0.600. The van der Waals surface area contributed by atoms with E-state index in [1.807, 2.05) is 7.05 Å². The lowest BCUT2D eigenvalue weighted by molar-refractivity contribution is 0.140. The highest BCUT2D eigenvalue weighted by Gasteiger charge is 1.98. The SMILES string of the molecule is CNCCOCCc1ccc(CC(C)C)cc1. The van der Waals surface area contributed by atoms with Crippen molar-refractivity contribution in [2.75, 3.05) is 26.8 Å². The van der Waals surface area contributed by atoms with E-state index in [1.54, 1.807) is 0 Å². The Morgan fingerprint density at radius 1 is 1.06 bits per heavy atom. The van der Waals surface area contributed by atoms with Gasteiger partial charge in [-0.2, -0.15) is 0 Å². The average Bonchev–Trinajstić information content (AvgIpc) is 2.30. The molecule has 0 spiro atoms. The molecule has 1 aromatic carbocycles. The van der Waals surface area contributed by atoms with Crippen LogP contribution in [0.1, 0.15) is 25.0 Å². The topological polar surface area (TPSA) is 21.3 Å². The van der Waals surface area contributed by atoms with E-state index >= 15 is 0 Å². The third kappa shape index (κ3) is 6.44. The van der Waals surface area contributed by atoms with Crippen LogP contribution in [-0.2, 0) is 17.6 Å². The molecule has 0 fully saturated rings. The van der Waals surface area contributed by atoms with Crippen molar-refractivity contribution in [1.29, 1.82) is 0 Å². The lowest BCUT2D eigenvalue weighted by Crippen LogP contribution is -2.15. The second-order valence-corrected chi connectivity index (χ2v) is 4.88. The second-order valence-electron chi connectivity index (χ2n) is 4.88. The van der Waals surface area contributed by atoms with Gasteiger partial charge in [-0.3, -0.25) is 0 Å². The van der Waals surface area contributed by atoms with E-state index in [1.165, 1.54) is 17.5 Å². The van der Waals surface area contributed by atoms with Gasteiger partial charge in [0.1, 0.15) is 0 Å². The Morgan fingerprint density at radius 2 is 1.71 bits per heavy atom. The highest BCUT2D eigenvalue weighted by Crippen LogP contribution is 2.10. The highest BCUT2D eigenvalue weighted by atomic mass is 16.5. The summed E-state index contributed by atoms with van der Waals surface area (Å²) in [6.45, 7) is 7.04. The van der Waals surface area contributed by atoms with Crippen LogP contribution in [0.2, 0.25) is 0 Å². The number of likely N-dealkylation sites (N-methyl/N-ethyl adjacent to an activating group) is 1. The number of nitrogens with one attached hydrogen (secondary N) is 1. The summed E-state index contributed by atoms with van der Waals surface area (Å²) in [5.41, 5.74) is 2.79. The molecule has 0 aliphatic carbocycles. The smallest absolute Gasteiger partial charge is 0.0590 e. The maximum absolute atomic E-state index is 5.51. The minimum atomic E-state index is 0.728. The quantitative estimate of drug-likeness (QED) is 0.699. The van der Waals surface area contributed by atoms with Gasteiger partial charge in [0.15, 0.2) is 0 Å². The summed E-state index contributed by atoms with van der Waals surface area (Å²) in [7, 11) is 1.94. The Morgan fingerprint density at radius 3 is 2.29 bits per heavy atom. The molecule has 0 saturated heterocycles. The highest BCUT2D eigenvalue weighted by molar-refractivity contribution is 5.22. The Labute approximate surface area is 105 Å². The molecule has 0 aliphatic heterocycles. The van der Waals surface area contributed by atoms with Gasteiger partial charge < -0.3 is 10.1 Å². The molecular weight excluding hydrogens is 210 g/mol. The van der Waals surface area contributed by atoms with Crippen LogP contribution in [0.15, 0.2) is 24.3 Å². The van der Waals surface area contributed by atoms with Crippen LogP contribution in [0.4, 0.5) is 0 Å². The molecule has 17 heavy (non-hydrogen) atoms. The van der Waals surface area contributed by atoms with Crippen LogP contribution >= 0.6 is 0 Å². The van der Waals surface area contributed by atoms with E-state index < -0.39 is 0 Å². The van der Waals surface area contributed by atoms with E-state index in [4.69, 9.17) is 4.74 Å². The monoisotopic (exact) mass is 235 g/mol. The van der Waals surface area contributed by atoms with Crippen LogP contribution in [-0.4, -0.2) is 26.8 Å². The van der Waals surface area contributed by atoms with Crippen molar-refractivity contribution in [2.45, 2.75) is 26.7 Å². The van der Waals surface area contributed by atoms with Crippen LogP contribution in [0.3, 0.4) is 0 Å². The Kier molecular flexibility index (Phi) is 6.90. The molecule has 0 radical (unpaired) electrons. The lowest BCUT2D eigenvalue weighted by Gasteiger charge is -2.07. The largest absolute Gasteiger partial charge is 0.380 e. The standard InChI is InChI=1S/C15H25NO/c1-13(2)12-15-6-4-14(5-7-15)8-10-17-11-9-16-3/h4-7,13,16H,8-12H2,1-3H3. The molecule has 1 rings (SSSR count). The first kappa shape index (κ1) is 14.2. The Bertz CT molecular complexity index is 292. The lowest BCUT2D eigenvalue weighted by atomic mass is 10.0. The first-order chi connectivity index (χ1) is 8.22. The van der Waals surface area contributed by atoms with Crippen LogP contribution in [0.25, 0.3) is 0 Å². The molecule has 0 amide bonds. The van der Waals surface area contributed by atoms with Gasteiger partial charge in [-0.25, -0.2) is 0 Å². The summed E-state index contributed by atoms with van der Waals surface area (Å²) in [6, 6.07) is 8.92. The maximum atomic E-state index is 5.51. The summed E-state index contributed by atoms with van der Waals surface area (Å²) in [5, 5.41) is 3.07. The number of hydrogen-bond acceptors (Lipinski definition) is 2. The molecule has 0 atom stereocenters. The van der Waals surface area contributed by atoms with Crippen LogP contribution in [0, 0.1) is 5.92 Å². The number of rotatable bonds is 8. The summed E-state index contributed by atoms with van der Waals surface area (Å²) < 4.78 is 5.51. The van der Waals surface area contributed by atoms with E-state index in [0.717, 1.165) is 32.1 Å². The fourth-order valence-electron chi connectivity index (χ4n) is 1.78. The number of benzene rings is 1. The Balaban J connectivity index is 2.25. The Hall–Kier alpha value is -0.860. The van der Waals surface area contributed by atoms with Crippen molar-refractivity contribution < 1.29 is 4.74 Å². The number of hydrogen-bond donors (Lipinski definition) is 1. The fourth-order valence-corrected chi connectivity index (χ4v) is 1.78. The zero-order valence-corrected chi connectivity index (χ0v) is 11.3. The molecule has 0 aliphatic rings. The van der Waals surface area contributed by atoms with E-state index in [9.17, 15) is 0 Å². The summed E-state index contributed by atoms with van der Waals surface area (Å²) in [5.74, 6) is 0.728. The van der Waals surface area contributed by atoms with Gasteiger partial charge in [-0.15, -0.1) is 0 Å². The normalized spacial score (nSPS) is 11.1. The van der Waals surface area contributed by atoms with Crippen molar-refractivity contribution in [3.05, 3.63) is 35.4 Å². The molecule has 2 nitrogen and oxygen atoms in total. The zero-order valence-electron chi connectivity index (χ0n) is 11.3. The molecule has 0 unspecified atom stereocenters. The molecule has 96 valence electrons. The van der Waals surface area contributed by atoms with Gasteiger partial charge in [0.05, 0.1) is 13.2 Å². The van der Waals surface area contributed by atoms with Gasteiger partial charge in [-0.05, 0) is 36.9 Å². The van der Waals surface area contributed by atoms with Gasteiger partial charge >= 0.3 is 0 Å². The van der Waals surface area contributed by atoms with Crippen molar-refractivity contribution in [1.82, 2.24) is 5.32 Å². The molecule has 0 heterocycles. The summed E-state index contributed by atoms with van der Waals surface area (Å²) in [4.78, 5) is 0. The van der Waals surface area contributed by atoms with Gasteiger partial charge in [0.2, 0.25) is 0 Å².